The fourth-order valence-corrected chi connectivity index (χ4v) is 1.39. The van der Waals surface area contributed by atoms with Crippen LogP contribution in [0.3, 0.4) is 0 Å². The molecule has 14 heavy (non-hydrogen) atoms. The Labute approximate surface area is 88.3 Å². The molecule has 0 bridgehead atoms. The summed E-state index contributed by atoms with van der Waals surface area (Å²) in [4.78, 5) is 5.90. The van der Waals surface area contributed by atoms with Gasteiger partial charge in [0.15, 0.2) is 11.6 Å². The number of ether oxygens (including phenoxy) is 1. The Morgan fingerprint density at radius 3 is 2.71 bits per heavy atom. The van der Waals surface area contributed by atoms with E-state index in [1.165, 1.54) is 6.07 Å². The summed E-state index contributed by atoms with van der Waals surface area (Å²) in [5.41, 5.74) is 0. The Hall–Kier alpha value is -0.870. The van der Waals surface area contributed by atoms with Crippen molar-refractivity contribution in [1.29, 1.82) is 0 Å². The van der Waals surface area contributed by atoms with Crippen molar-refractivity contribution >= 4 is 18.2 Å². The maximum absolute atomic E-state index is 13.2. The summed E-state index contributed by atoms with van der Waals surface area (Å²) in [7, 11) is 0. The molecule has 2 heterocycles. The molecule has 3 nitrogen and oxygen atoms in total. The van der Waals surface area contributed by atoms with Crippen LogP contribution >= 0.6 is 12.4 Å². The first-order chi connectivity index (χ1) is 6.38. The third-order valence-electron chi connectivity index (χ3n) is 2.05. The second kappa shape index (κ2) is 5.12. The highest BCUT2D eigenvalue weighted by Gasteiger charge is 2.15. The van der Waals surface area contributed by atoms with E-state index >= 15 is 0 Å². The average Bonchev–Trinajstić information content (AvgIpc) is 2.20. The Bertz CT molecular complexity index is 292. The second-order valence-corrected chi connectivity index (χ2v) is 2.91. The van der Waals surface area contributed by atoms with Crippen molar-refractivity contribution in [2.24, 2.45) is 0 Å². The van der Waals surface area contributed by atoms with Gasteiger partial charge in [0.05, 0.1) is 13.2 Å². The first-order valence-electron chi connectivity index (χ1n) is 4.31. The molecule has 1 aliphatic heterocycles. The molecule has 2 rings (SSSR count). The van der Waals surface area contributed by atoms with Crippen molar-refractivity contribution in [3.8, 4) is 0 Å². The van der Waals surface area contributed by atoms with Crippen molar-refractivity contribution < 1.29 is 9.13 Å². The summed E-state index contributed by atoms with van der Waals surface area (Å²) >= 11 is 0. The molecular weight excluding hydrogens is 207 g/mol. The maximum atomic E-state index is 13.2. The Balaban J connectivity index is 0.000000980. The van der Waals surface area contributed by atoms with Crippen LogP contribution in [0.25, 0.3) is 0 Å². The average molecular weight is 219 g/mol. The molecular formula is C9H12ClFN2O. The van der Waals surface area contributed by atoms with E-state index < -0.39 is 0 Å². The third kappa shape index (κ3) is 2.33. The van der Waals surface area contributed by atoms with E-state index in [2.05, 4.69) is 4.98 Å². The highest BCUT2D eigenvalue weighted by atomic mass is 35.5. The normalized spacial score (nSPS) is 16.2. The van der Waals surface area contributed by atoms with Crippen molar-refractivity contribution in [3.63, 3.8) is 0 Å². The SMILES string of the molecule is Cl.Fc1cccnc1N1CCOCC1. The van der Waals surface area contributed by atoms with Gasteiger partial charge in [-0.3, -0.25) is 0 Å². The summed E-state index contributed by atoms with van der Waals surface area (Å²) in [6.07, 6.45) is 1.61. The molecule has 0 radical (unpaired) electrons. The topological polar surface area (TPSA) is 25.4 Å². The molecule has 1 aromatic rings. The van der Waals surface area contributed by atoms with Gasteiger partial charge in [0.2, 0.25) is 0 Å². The van der Waals surface area contributed by atoms with Crippen LogP contribution in [0, 0.1) is 5.82 Å². The zero-order valence-electron chi connectivity index (χ0n) is 7.65. The van der Waals surface area contributed by atoms with Crippen molar-refractivity contribution in [1.82, 2.24) is 4.98 Å². The number of anilines is 1. The van der Waals surface area contributed by atoms with Gasteiger partial charge in [0.25, 0.3) is 0 Å². The predicted octanol–water partition coefficient (Wildman–Crippen LogP) is 1.48. The lowest BCUT2D eigenvalue weighted by atomic mass is 10.3. The number of pyridine rings is 1. The van der Waals surface area contributed by atoms with Crippen LogP contribution in [0.4, 0.5) is 10.2 Å². The molecule has 1 aliphatic rings. The van der Waals surface area contributed by atoms with Crippen LogP contribution < -0.4 is 4.90 Å². The zero-order valence-corrected chi connectivity index (χ0v) is 8.47. The fourth-order valence-electron chi connectivity index (χ4n) is 1.39. The summed E-state index contributed by atoms with van der Waals surface area (Å²) in [6, 6.07) is 3.02. The van der Waals surface area contributed by atoms with E-state index in [0.717, 1.165) is 0 Å². The number of morpholine rings is 1. The zero-order chi connectivity index (χ0) is 9.10. The molecule has 0 saturated carbocycles. The van der Waals surface area contributed by atoms with Gasteiger partial charge >= 0.3 is 0 Å². The molecule has 0 N–H and O–H groups in total. The largest absolute Gasteiger partial charge is 0.378 e. The lowest BCUT2D eigenvalue weighted by Crippen LogP contribution is -2.37. The number of aromatic nitrogens is 1. The minimum Gasteiger partial charge on any atom is -0.378 e. The maximum Gasteiger partial charge on any atom is 0.165 e. The number of nitrogens with zero attached hydrogens (tertiary/aromatic N) is 2. The molecule has 0 atom stereocenters. The summed E-state index contributed by atoms with van der Waals surface area (Å²) in [5.74, 6) is 0.176. The van der Waals surface area contributed by atoms with Gasteiger partial charge in [-0.2, -0.15) is 0 Å². The van der Waals surface area contributed by atoms with E-state index in [4.69, 9.17) is 4.74 Å². The molecule has 0 amide bonds. The predicted molar refractivity (Wildman–Crippen MR) is 54.5 cm³/mol. The van der Waals surface area contributed by atoms with E-state index in [1.54, 1.807) is 12.3 Å². The van der Waals surface area contributed by atoms with Crippen LogP contribution in [0.5, 0.6) is 0 Å². The van der Waals surface area contributed by atoms with Gasteiger partial charge in [-0.25, -0.2) is 9.37 Å². The van der Waals surface area contributed by atoms with Gasteiger partial charge in [-0.1, -0.05) is 0 Å². The summed E-state index contributed by atoms with van der Waals surface area (Å²) in [5, 5.41) is 0. The molecule has 1 fully saturated rings. The van der Waals surface area contributed by atoms with Gasteiger partial charge in [0.1, 0.15) is 0 Å². The van der Waals surface area contributed by atoms with E-state index in [9.17, 15) is 4.39 Å². The minimum atomic E-state index is -0.260. The molecule has 0 spiro atoms. The molecule has 0 aliphatic carbocycles. The number of hydrogen-bond donors (Lipinski definition) is 0. The smallest absolute Gasteiger partial charge is 0.165 e. The minimum absolute atomic E-state index is 0. The summed E-state index contributed by atoms with van der Waals surface area (Å²) in [6.45, 7) is 2.73. The van der Waals surface area contributed by atoms with Crippen LogP contribution in [-0.2, 0) is 4.74 Å². The monoisotopic (exact) mass is 218 g/mol. The third-order valence-corrected chi connectivity index (χ3v) is 2.05. The van der Waals surface area contributed by atoms with E-state index in [1.807, 2.05) is 4.90 Å². The summed E-state index contributed by atoms with van der Waals surface area (Å²) < 4.78 is 18.4. The molecule has 1 aromatic heterocycles. The molecule has 0 aromatic carbocycles. The standard InChI is InChI=1S/C9H11FN2O.ClH/c10-8-2-1-3-11-9(8)12-4-6-13-7-5-12;/h1-3H,4-7H2;1H. The highest BCUT2D eigenvalue weighted by Crippen LogP contribution is 2.15. The van der Waals surface area contributed by atoms with Crippen LogP contribution in [0.2, 0.25) is 0 Å². The van der Waals surface area contributed by atoms with Gasteiger partial charge < -0.3 is 9.64 Å². The Kier molecular flexibility index (Phi) is 4.10. The highest BCUT2D eigenvalue weighted by molar-refractivity contribution is 5.85. The first kappa shape index (κ1) is 11.2. The lowest BCUT2D eigenvalue weighted by Gasteiger charge is -2.27. The quantitative estimate of drug-likeness (QED) is 0.714. The van der Waals surface area contributed by atoms with Crippen LogP contribution in [0.15, 0.2) is 18.3 Å². The van der Waals surface area contributed by atoms with Gasteiger partial charge in [-0.15, -0.1) is 12.4 Å². The van der Waals surface area contributed by atoms with E-state index in [0.29, 0.717) is 32.1 Å². The van der Waals surface area contributed by atoms with Crippen LogP contribution in [-0.4, -0.2) is 31.3 Å². The molecule has 0 unspecified atom stereocenters. The number of hydrogen-bond acceptors (Lipinski definition) is 3. The molecule has 5 heteroatoms. The Morgan fingerprint density at radius 2 is 2.07 bits per heavy atom. The van der Waals surface area contributed by atoms with Gasteiger partial charge in [-0.05, 0) is 12.1 Å². The second-order valence-electron chi connectivity index (χ2n) is 2.91. The Morgan fingerprint density at radius 1 is 1.36 bits per heavy atom. The fraction of sp³-hybridized carbons (Fsp3) is 0.444. The van der Waals surface area contributed by atoms with E-state index in [-0.39, 0.29) is 18.2 Å². The molecule has 78 valence electrons. The first-order valence-corrected chi connectivity index (χ1v) is 4.31. The number of rotatable bonds is 1. The molecule has 1 saturated heterocycles. The number of halogens is 2. The van der Waals surface area contributed by atoms with Gasteiger partial charge in [0, 0.05) is 19.3 Å². The van der Waals surface area contributed by atoms with Crippen molar-refractivity contribution in [3.05, 3.63) is 24.1 Å². The van der Waals surface area contributed by atoms with Crippen LogP contribution in [0.1, 0.15) is 0 Å². The van der Waals surface area contributed by atoms with Crippen molar-refractivity contribution in [2.45, 2.75) is 0 Å². The lowest BCUT2D eigenvalue weighted by molar-refractivity contribution is 0.122. The van der Waals surface area contributed by atoms with Crippen molar-refractivity contribution in [2.75, 3.05) is 31.2 Å².